The van der Waals surface area contributed by atoms with Crippen molar-refractivity contribution in [1.29, 1.82) is 0 Å². The van der Waals surface area contributed by atoms with Crippen LogP contribution in [-0.2, 0) is 11.3 Å². The lowest BCUT2D eigenvalue weighted by atomic mass is 9.93. The zero-order valence-electron chi connectivity index (χ0n) is 19.4. The molecule has 1 aliphatic heterocycles. The third-order valence-corrected chi connectivity index (χ3v) is 6.65. The van der Waals surface area contributed by atoms with E-state index in [2.05, 4.69) is 16.6 Å². The smallest absolute Gasteiger partial charge is 0.274 e. The number of rotatable bonds is 9. The summed E-state index contributed by atoms with van der Waals surface area (Å²) in [5, 5.41) is 10.5. The van der Waals surface area contributed by atoms with Gasteiger partial charge in [-0.25, -0.2) is 4.99 Å². The van der Waals surface area contributed by atoms with Crippen molar-refractivity contribution < 1.29 is 14.6 Å². The molecule has 1 atom stereocenters. The van der Waals surface area contributed by atoms with Crippen LogP contribution >= 0.6 is 0 Å². The number of nitrogens with one attached hydrogen (secondary N) is 1. The Morgan fingerprint density at radius 2 is 2.09 bits per heavy atom. The van der Waals surface area contributed by atoms with Crippen molar-refractivity contribution in [2.24, 2.45) is 4.99 Å². The number of fused-ring (bicyclic) bond motifs is 2. The van der Waals surface area contributed by atoms with Crippen molar-refractivity contribution in [3.05, 3.63) is 45.1 Å². The second-order valence-electron chi connectivity index (χ2n) is 9.07. The van der Waals surface area contributed by atoms with Gasteiger partial charge in [0, 0.05) is 18.0 Å². The van der Waals surface area contributed by atoms with Crippen LogP contribution < -0.4 is 21.3 Å². The average molecular weight is 455 g/mol. The normalized spacial score (nSPS) is 16.4. The van der Waals surface area contributed by atoms with E-state index in [4.69, 9.17) is 4.74 Å². The van der Waals surface area contributed by atoms with Crippen molar-refractivity contribution in [1.82, 2.24) is 14.5 Å². The van der Waals surface area contributed by atoms with Crippen molar-refractivity contribution >= 4 is 18.2 Å². The van der Waals surface area contributed by atoms with Gasteiger partial charge in [-0.15, -0.1) is 0 Å². The highest BCUT2D eigenvalue weighted by Gasteiger charge is 2.28. The van der Waals surface area contributed by atoms with Crippen molar-refractivity contribution in [3.63, 3.8) is 0 Å². The Labute approximate surface area is 193 Å². The van der Waals surface area contributed by atoms with Crippen LogP contribution in [0.5, 0.6) is 5.75 Å². The van der Waals surface area contributed by atoms with Crippen molar-refractivity contribution in [2.75, 3.05) is 6.61 Å². The number of imidazole rings is 1. The van der Waals surface area contributed by atoms with Crippen LogP contribution in [-0.4, -0.2) is 44.3 Å². The minimum atomic E-state index is -0.729. The highest BCUT2D eigenvalue weighted by molar-refractivity contribution is 5.76. The van der Waals surface area contributed by atoms with Crippen molar-refractivity contribution in [3.8, 4) is 5.75 Å². The Hall–Kier alpha value is -2.87. The first-order chi connectivity index (χ1) is 16.0. The van der Waals surface area contributed by atoms with E-state index in [1.807, 2.05) is 18.2 Å². The lowest BCUT2D eigenvalue weighted by molar-refractivity contribution is -0.145. The summed E-state index contributed by atoms with van der Waals surface area (Å²) >= 11 is 0. The first-order valence-electron chi connectivity index (χ1n) is 12.1. The molecule has 1 amide bonds. The molecule has 2 N–H and O–H groups in total. The number of aromatic nitrogens is 2. The number of amides is 1. The molecular weight excluding hydrogens is 420 g/mol. The maximum Gasteiger partial charge on any atom is 0.274 e. The molecule has 0 spiro atoms. The minimum Gasteiger partial charge on any atom is -0.491 e. The fourth-order valence-corrected chi connectivity index (χ4v) is 4.91. The number of benzene rings is 1. The number of carbonyl (C=O) groups is 1. The number of aliphatic hydroxyl groups is 1. The number of hydrogen-bond donors (Lipinski definition) is 2. The maximum absolute atomic E-state index is 12.7. The minimum absolute atomic E-state index is 0.0514. The summed E-state index contributed by atoms with van der Waals surface area (Å²) in [6.45, 7) is 6.57. The third kappa shape index (κ3) is 5.21. The summed E-state index contributed by atoms with van der Waals surface area (Å²) in [7, 11) is 0. The first kappa shape index (κ1) is 23.3. The molecule has 0 saturated heterocycles. The van der Waals surface area contributed by atoms with E-state index < -0.39 is 6.23 Å². The van der Waals surface area contributed by atoms with Crippen molar-refractivity contribution in [2.45, 2.75) is 83.5 Å². The van der Waals surface area contributed by atoms with Crippen LogP contribution in [0.25, 0.3) is 6.58 Å². The van der Waals surface area contributed by atoms with Crippen LogP contribution in [0.15, 0.2) is 28.0 Å². The molecule has 4 rings (SSSR count). The quantitative estimate of drug-likeness (QED) is 0.383. The van der Waals surface area contributed by atoms with Gasteiger partial charge in [0.05, 0.1) is 13.2 Å². The molecule has 178 valence electrons. The largest absolute Gasteiger partial charge is 0.491 e. The lowest BCUT2D eigenvalue weighted by Gasteiger charge is -2.36. The predicted octanol–water partition coefficient (Wildman–Crippen LogP) is 2.34. The van der Waals surface area contributed by atoms with Gasteiger partial charge in [-0.2, -0.15) is 0 Å². The van der Waals surface area contributed by atoms with Crippen LogP contribution in [0.1, 0.15) is 70.3 Å². The Morgan fingerprint density at radius 1 is 1.30 bits per heavy atom. The number of aromatic amines is 1. The molecule has 1 aromatic carbocycles. The monoisotopic (exact) mass is 454 g/mol. The molecule has 33 heavy (non-hydrogen) atoms. The van der Waals surface area contributed by atoms with E-state index in [1.54, 1.807) is 16.4 Å². The first-order valence-corrected chi connectivity index (χ1v) is 12.1. The topological polar surface area (TPSA) is 99.9 Å². The lowest BCUT2D eigenvalue weighted by Crippen LogP contribution is -2.46. The van der Waals surface area contributed by atoms with Crippen LogP contribution in [0, 0.1) is 0 Å². The molecule has 1 aliphatic carbocycles. The van der Waals surface area contributed by atoms with E-state index in [0.717, 1.165) is 56.2 Å². The van der Waals surface area contributed by atoms with Gasteiger partial charge < -0.3 is 19.3 Å². The van der Waals surface area contributed by atoms with Crippen LogP contribution in [0.4, 0.5) is 5.69 Å². The molecule has 1 fully saturated rings. The zero-order valence-corrected chi connectivity index (χ0v) is 19.4. The standard InChI is InChI=1S/C25H34N4O4/c1-17-24(32)27-25-26-23-19(16-28(17)25)10-9-13-21(23)33-15-8-4-7-14-22(31)29(18(2)30)20-11-5-3-6-12-20/h9-10,13,18,20,30H,1,3-8,11-12,14-16H2,2H3,(H,26,27,32). The highest BCUT2D eigenvalue weighted by Crippen LogP contribution is 2.33. The molecule has 0 radical (unpaired) electrons. The second-order valence-corrected chi connectivity index (χ2v) is 9.07. The van der Waals surface area contributed by atoms with Gasteiger partial charge in [-0.3, -0.25) is 14.6 Å². The summed E-state index contributed by atoms with van der Waals surface area (Å²) in [4.78, 5) is 33.6. The van der Waals surface area contributed by atoms with Gasteiger partial charge in [-0.1, -0.05) is 38.0 Å². The van der Waals surface area contributed by atoms with Gasteiger partial charge in [0.1, 0.15) is 23.0 Å². The van der Waals surface area contributed by atoms with E-state index in [-0.39, 0.29) is 17.5 Å². The van der Waals surface area contributed by atoms with E-state index in [1.165, 1.54) is 6.42 Å². The highest BCUT2D eigenvalue weighted by atomic mass is 16.5. The number of unbranched alkanes of at least 4 members (excludes halogenated alkanes) is 2. The number of H-pyrrole nitrogens is 1. The summed E-state index contributed by atoms with van der Waals surface area (Å²) in [6, 6.07) is 5.97. The number of para-hydroxylation sites is 1. The summed E-state index contributed by atoms with van der Waals surface area (Å²) in [6.07, 6.45) is 7.66. The third-order valence-electron chi connectivity index (χ3n) is 6.65. The van der Waals surface area contributed by atoms with Crippen LogP contribution in [0.2, 0.25) is 0 Å². The van der Waals surface area contributed by atoms with Gasteiger partial charge >= 0.3 is 0 Å². The molecule has 2 aliphatic rings. The number of carbonyl (C=O) groups excluding carboxylic acids is 1. The Morgan fingerprint density at radius 3 is 2.85 bits per heavy atom. The average Bonchev–Trinajstić information content (AvgIpc) is 3.08. The Kier molecular flexibility index (Phi) is 7.33. The van der Waals surface area contributed by atoms with Gasteiger partial charge in [0.25, 0.3) is 5.56 Å². The van der Waals surface area contributed by atoms with Gasteiger partial charge in [-0.05, 0) is 45.1 Å². The molecule has 2 heterocycles. The number of hydrogen-bond acceptors (Lipinski definition) is 5. The Balaban J connectivity index is 1.27. The molecular formula is C25H34N4O4. The molecule has 8 nitrogen and oxygen atoms in total. The molecule has 8 heteroatoms. The number of ether oxygens (including phenoxy) is 1. The SMILES string of the molecule is C=c1c(=O)[nH]c2n1Cc1cccc(OCCCCCC(=O)N(C(C)O)C3CCCCC3)c1N=2. The molecule has 1 unspecified atom stereocenters. The summed E-state index contributed by atoms with van der Waals surface area (Å²) in [5.74, 6) is 0.746. The maximum atomic E-state index is 12.7. The fraction of sp³-hybridized carbons (Fsp3) is 0.560. The van der Waals surface area contributed by atoms with Gasteiger partial charge in [0.15, 0.2) is 0 Å². The second kappa shape index (κ2) is 10.4. The van der Waals surface area contributed by atoms with E-state index in [9.17, 15) is 14.7 Å². The van der Waals surface area contributed by atoms with E-state index in [0.29, 0.717) is 36.3 Å². The van der Waals surface area contributed by atoms with E-state index >= 15 is 0 Å². The fourth-order valence-electron chi connectivity index (χ4n) is 4.91. The van der Waals surface area contributed by atoms with Crippen LogP contribution in [0.3, 0.4) is 0 Å². The Bertz CT molecular complexity index is 1140. The predicted molar refractivity (Wildman–Crippen MR) is 126 cm³/mol. The number of nitrogens with zero attached hydrogens (tertiary/aromatic N) is 3. The molecule has 1 saturated carbocycles. The molecule has 0 bridgehead atoms. The zero-order chi connectivity index (χ0) is 23.4. The summed E-state index contributed by atoms with van der Waals surface area (Å²) < 4.78 is 7.77. The number of aliphatic hydroxyl groups excluding tert-OH is 1. The molecule has 2 aromatic rings. The summed E-state index contributed by atoms with van der Waals surface area (Å²) in [5.41, 5.74) is 2.00. The molecule has 1 aromatic heterocycles. The van der Waals surface area contributed by atoms with Gasteiger partial charge in [0.2, 0.25) is 11.5 Å².